The van der Waals surface area contributed by atoms with E-state index < -0.39 is 18.0 Å². The molecule has 12 heavy (non-hydrogen) atoms. The van der Waals surface area contributed by atoms with Gasteiger partial charge in [-0.25, -0.2) is 0 Å². The van der Waals surface area contributed by atoms with Crippen molar-refractivity contribution in [2.24, 2.45) is 0 Å². The van der Waals surface area contributed by atoms with Crippen molar-refractivity contribution in [3.05, 3.63) is 23.1 Å². The number of aliphatic hydroxyl groups excluding tert-OH is 1. The van der Waals surface area contributed by atoms with Crippen LogP contribution < -0.4 is 0 Å². The zero-order chi connectivity index (χ0) is 9.35. The molecule has 0 fully saturated rings. The molecule has 0 aliphatic carbocycles. The first-order valence-corrected chi connectivity index (χ1v) is 3.29. The number of hydrogen-bond acceptors (Lipinski definition) is 2. The Morgan fingerprint density at radius 2 is 2.00 bits per heavy atom. The fourth-order valence-corrected chi connectivity index (χ4v) is 0.789. The molecule has 2 nitrogen and oxygen atoms in total. The summed E-state index contributed by atoms with van der Waals surface area (Å²) in [5.74, 6) is -0.604. The van der Waals surface area contributed by atoms with E-state index in [9.17, 15) is 13.2 Å². The van der Waals surface area contributed by atoms with E-state index in [4.69, 9.17) is 16.7 Å². The summed E-state index contributed by atoms with van der Waals surface area (Å²) in [6.07, 6.45) is -7.33. The molecule has 1 N–H and O–H groups in total. The Kier molecular flexibility index (Phi) is 2.34. The number of aliphatic hydroxyl groups is 1. The summed E-state index contributed by atoms with van der Waals surface area (Å²) in [7, 11) is 0. The summed E-state index contributed by atoms with van der Waals surface area (Å²) in [5, 5.41) is 8.41. The number of halogens is 4. The highest BCUT2D eigenvalue weighted by atomic mass is 35.5. The Morgan fingerprint density at radius 3 is 2.33 bits per heavy atom. The lowest BCUT2D eigenvalue weighted by Gasteiger charge is -2.10. The number of alkyl halides is 3. The molecule has 1 atom stereocenters. The standard InChI is InChI=1S/C6H4ClF3O2/c7-4-2-1-3(12-4)5(11)6(8,9)10/h1-2,5,11H/t5-/m1/s1. The lowest BCUT2D eigenvalue weighted by Crippen LogP contribution is -2.19. The minimum absolute atomic E-state index is 0.187. The highest BCUT2D eigenvalue weighted by Gasteiger charge is 2.41. The molecule has 0 spiro atoms. The van der Waals surface area contributed by atoms with E-state index in [2.05, 4.69) is 4.42 Å². The second-order valence-corrected chi connectivity index (χ2v) is 2.46. The van der Waals surface area contributed by atoms with Crippen molar-refractivity contribution in [1.29, 1.82) is 0 Å². The molecular weight excluding hydrogens is 197 g/mol. The second-order valence-electron chi connectivity index (χ2n) is 2.09. The van der Waals surface area contributed by atoms with E-state index in [1.807, 2.05) is 0 Å². The normalized spacial score (nSPS) is 14.8. The van der Waals surface area contributed by atoms with Crippen LogP contribution in [0.2, 0.25) is 5.22 Å². The molecule has 0 saturated heterocycles. The Balaban J connectivity index is 2.85. The van der Waals surface area contributed by atoms with Crippen LogP contribution in [0.5, 0.6) is 0 Å². The van der Waals surface area contributed by atoms with Crippen molar-refractivity contribution >= 4 is 11.6 Å². The van der Waals surface area contributed by atoms with Crippen LogP contribution in [0.3, 0.4) is 0 Å². The molecule has 0 bridgehead atoms. The van der Waals surface area contributed by atoms with Crippen LogP contribution in [0, 0.1) is 0 Å². The third-order valence-electron chi connectivity index (χ3n) is 1.17. The van der Waals surface area contributed by atoms with Gasteiger partial charge in [0, 0.05) is 0 Å². The summed E-state index contributed by atoms with van der Waals surface area (Å²) in [4.78, 5) is 0. The monoisotopic (exact) mass is 200 g/mol. The van der Waals surface area contributed by atoms with Crippen LogP contribution >= 0.6 is 11.6 Å². The first-order valence-electron chi connectivity index (χ1n) is 2.91. The van der Waals surface area contributed by atoms with E-state index in [1.165, 1.54) is 0 Å². The van der Waals surface area contributed by atoms with E-state index >= 15 is 0 Å². The third kappa shape index (κ3) is 1.92. The van der Waals surface area contributed by atoms with Crippen LogP contribution in [0.4, 0.5) is 13.2 Å². The van der Waals surface area contributed by atoms with Gasteiger partial charge in [0.2, 0.25) is 6.10 Å². The van der Waals surface area contributed by atoms with Gasteiger partial charge in [-0.2, -0.15) is 13.2 Å². The predicted octanol–water partition coefficient (Wildman–Crippen LogP) is 2.53. The van der Waals surface area contributed by atoms with Crippen LogP contribution in [0.1, 0.15) is 11.9 Å². The van der Waals surface area contributed by atoms with Gasteiger partial charge in [0.1, 0.15) is 5.76 Å². The summed E-state index contributed by atoms with van der Waals surface area (Å²) >= 11 is 5.21. The fourth-order valence-electron chi connectivity index (χ4n) is 0.637. The van der Waals surface area contributed by atoms with E-state index in [0.717, 1.165) is 12.1 Å². The SMILES string of the molecule is O[C@H](c1ccc(Cl)o1)C(F)(F)F. The first kappa shape index (κ1) is 9.41. The van der Waals surface area contributed by atoms with Crippen molar-refractivity contribution in [3.63, 3.8) is 0 Å². The van der Waals surface area contributed by atoms with Crippen molar-refractivity contribution in [2.75, 3.05) is 0 Å². The van der Waals surface area contributed by atoms with Crippen molar-refractivity contribution in [3.8, 4) is 0 Å². The Morgan fingerprint density at radius 1 is 1.42 bits per heavy atom. The molecule has 0 amide bonds. The summed E-state index contributed by atoms with van der Waals surface area (Å²) in [6, 6.07) is 2.10. The zero-order valence-corrected chi connectivity index (χ0v) is 6.36. The van der Waals surface area contributed by atoms with Crippen molar-refractivity contribution in [1.82, 2.24) is 0 Å². The summed E-state index contributed by atoms with van der Waals surface area (Å²) < 4.78 is 39.7. The number of furan rings is 1. The second kappa shape index (κ2) is 2.99. The average Bonchev–Trinajstić information content (AvgIpc) is 2.32. The minimum atomic E-state index is -4.72. The van der Waals surface area contributed by atoms with Crippen molar-refractivity contribution < 1.29 is 22.7 Å². The molecule has 6 heteroatoms. The predicted molar refractivity (Wildman–Crippen MR) is 34.7 cm³/mol. The van der Waals surface area contributed by atoms with Gasteiger partial charge < -0.3 is 9.52 Å². The quantitative estimate of drug-likeness (QED) is 0.756. The Hall–Kier alpha value is -0.680. The van der Waals surface area contributed by atoms with Gasteiger partial charge in [-0.15, -0.1) is 0 Å². The molecule has 0 radical (unpaired) electrons. The molecular formula is C6H4ClF3O2. The first-order chi connectivity index (χ1) is 5.41. The van der Waals surface area contributed by atoms with Gasteiger partial charge >= 0.3 is 6.18 Å². The van der Waals surface area contributed by atoms with E-state index in [0.29, 0.717) is 0 Å². The molecule has 0 aliphatic heterocycles. The Labute approximate surface area is 70.5 Å². The van der Waals surface area contributed by atoms with Gasteiger partial charge in [0.25, 0.3) is 0 Å². The van der Waals surface area contributed by atoms with Crippen LogP contribution in [0.15, 0.2) is 16.5 Å². The van der Waals surface area contributed by atoms with Crippen LogP contribution in [-0.4, -0.2) is 11.3 Å². The number of rotatable bonds is 1. The summed E-state index contributed by atoms with van der Waals surface area (Å²) in [5.41, 5.74) is 0. The van der Waals surface area contributed by atoms with Gasteiger partial charge in [-0.3, -0.25) is 0 Å². The lowest BCUT2D eigenvalue weighted by atomic mass is 10.3. The third-order valence-corrected chi connectivity index (χ3v) is 1.38. The molecule has 0 aliphatic rings. The fraction of sp³-hybridized carbons (Fsp3) is 0.333. The Bertz CT molecular complexity index is 268. The maximum Gasteiger partial charge on any atom is 0.421 e. The molecule has 0 unspecified atom stereocenters. The summed E-state index contributed by atoms with van der Waals surface area (Å²) in [6.45, 7) is 0. The smallest absolute Gasteiger partial charge is 0.421 e. The van der Waals surface area contributed by atoms with Gasteiger partial charge in [-0.1, -0.05) is 0 Å². The van der Waals surface area contributed by atoms with E-state index in [1.54, 1.807) is 0 Å². The van der Waals surface area contributed by atoms with Crippen LogP contribution in [0.25, 0.3) is 0 Å². The van der Waals surface area contributed by atoms with Gasteiger partial charge in [0.15, 0.2) is 5.22 Å². The van der Waals surface area contributed by atoms with Crippen LogP contribution in [-0.2, 0) is 0 Å². The molecule has 1 heterocycles. The minimum Gasteiger partial charge on any atom is -0.447 e. The zero-order valence-electron chi connectivity index (χ0n) is 5.60. The molecule has 1 rings (SSSR count). The topological polar surface area (TPSA) is 33.4 Å². The number of hydrogen-bond donors (Lipinski definition) is 1. The average molecular weight is 201 g/mol. The molecule has 0 saturated carbocycles. The molecule has 1 aromatic rings. The lowest BCUT2D eigenvalue weighted by molar-refractivity contribution is -0.211. The van der Waals surface area contributed by atoms with Gasteiger partial charge in [-0.05, 0) is 23.7 Å². The molecule has 0 aromatic carbocycles. The molecule has 68 valence electrons. The maximum absolute atomic E-state index is 11.8. The highest BCUT2D eigenvalue weighted by molar-refractivity contribution is 6.28. The van der Waals surface area contributed by atoms with E-state index in [-0.39, 0.29) is 5.22 Å². The van der Waals surface area contributed by atoms with Gasteiger partial charge in [0.05, 0.1) is 0 Å². The van der Waals surface area contributed by atoms with Crippen molar-refractivity contribution in [2.45, 2.75) is 12.3 Å². The largest absolute Gasteiger partial charge is 0.447 e. The molecule has 1 aromatic heterocycles. The maximum atomic E-state index is 11.8. The highest BCUT2D eigenvalue weighted by Crippen LogP contribution is 2.33.